The van der Waals surface area contributed by atoms with Gasteiger partial charge in [0.05, 0.1) is 37.3 Å². The van der Waals surface area contributed by atoms with Crippen LogP contribution < -0.4 is 0 Å². The molecule has 0 unspecified atom stereocenters. The quantitative estimate of drug-likeness (QED) is 0.235. The largest absolute Gasteiger partial charge is 0.462 e. The second kappa shape index (κ2) is 13.6. The van der Waals surface area contributed by atoms with Gasteiger partial charge in [-0.25, -0.2) is 9.48 Å². The molecule has 2 aromatic rings. The summed E-state index contributed by atoms with van der Waals surface area (Å²) in [5, 5.41) is 47.1. The zero-order chi connectivity index (χ0) is 25.2. The van der Waals surface area contributed by atoms with Gasteiger partial charge >= 0.3 is 5.97 Å². The molecule has 0 aliphatic carbocycles. The van der Waals surface area contributed by atoms with E-state index in [2.05, 4.69) is 17.2 Å². The number of hydrogen-bond donors (Lipinski definition) is 4. The number of unbranched alkanes of at least 4 members (excludes halogenated alkanes) is 5. The molecule has 1 aliphatic rings. The molecule has 2 heterocycles. The van der Waals surface area contributed by atoms with E-state index in [0.29, 0.717) is 23.6 Å². The van der Waals surface area contributed by atoms with Crippen LogP contribution in [0.2, 0.25) is 0 Å². The minimum atomic E-state index is -1.52. The predicted octanol–water partition coefficient (Wildman–Crippen LogP) is 1.10. The van der Waals surface area contributed by atoms with Gasteiger partial charge < -0.3 is 34.6 Å². The van der Waals surface area contributed by atoms with Crippen molar-refractivity contribution in [1.29, 1.82) is 0 Å². The van der Waals surface area contributed by atoms with Gasteiger partial charge in [0, 0.05) is 0 Å². The fourth-order valence-corrected chi connectivity index (χ4v) is 3.77. The first kappa shape index (κ1) is 27.2. The maximum atomic E-state index is 12.4. The zero-order valence-electron chi connectivity index (χ0n) is 19.9. The first-order chi connectivity index (χ1) is 16.9. The van der Waals surface area contributed by atoms with Crippen molar-refractivity contribution in [3.8, 4) is 5.69 Å². The molecule has 0 amide bonds. The van der Waals surface area contributed by atoms with E-state index in [1.54, 1.807) is 30.5 Å². The zero-order valence-corrected chi connectivity index (χ0v) is 19.9. The SMILES string of the molecule is CCCCCCCCOC(=O)c1cccc(-n2cc(CO[C@H]3O[C@H](CO)[C@@H](O)[C@H](O)[C@@H]3O)nn2)c1. The minimum Gasteiger partial charge on any atom is -0.462 e. The Kier molecular flexibility index (Phi) is 10.6. The van der Waals surface area contributed by atoms with Gasteiger partial charge in [-0.1, -0.05) is 50.3 Å². The fourth-order valence-electron chi connectivity index (χ4n) is 3.77. The highest BCUT2D eigenvalue weighted by molar-refractivity contribution is 5.90. The van der Waals surface area contributed by atoms with Crippen LogP contribution in [0.5, 0.6) is 0 Å². The van der Waals surface area contributed by atoms with Gasteiger partial charge in [-0.15, -0.1) is 5.10 Å². The highest BCUT2D eigenvalue weighted by Crippen LogP contribution is 2.22. The van der Waals surface area contributed by atoms with Gasteiger partial charge in [-0.2, -0.15) is 0 Å². The summed E-state index contributed by atoms with van der Waals surface area (Å²) in [6.07, 6.45) is 1.46. The van der Waals surface area contributed by atoms with E-state index in [-0.39, 0.29) is 6.61 Å². The molecular weight excluding hydrogens is 458 g/mol. The molecule has 1 aliphatic heterocycles. The van der Waals surface area contributed by atoms with Crippen molar-refractivity contribution in [2.24, 2.45) is 0 Å². The Morgan fingerprint density at radius 2 is 1.86 bits per heavy atom. The van der Waals surface area contributed by atoms with E-state index in [1.165, 1.54) is 23.9 Å². The van der Waals surface area contributed by atoms with Crippen LogP contribution in [-0.4, -0.2) is 85.3 Å². The Hall–Kier alpha value is -2.41. The van der Waals surface area contributed by atoms with Crippen LogP contribution in [0.1, 0.15) is 61.5 Å². The van der Waals surface area contributed by atoms with Crippen LogP contribution >= 0.6 is 0 Å². The van der Waals surface area contributed by atoms with Crippen LogP contribution in [0.3, 0.4) is 0 Å². The molecule has 0 saturated carbocycles. The molecule has 1 saturated heterocycles. The van der Waals surface area contributed by atoms with E-state index >= 15 is 0 Å². The summed E-state index contributed by atoms with van der Waals surface area (Å²) in [5.41, 5.74) is 1.41. The summed E-state index contributed by atoms with van der Waals surface area (Å²) in [6, 6.07) is 6.82. The van der Waals surface area contributed by atoms with Gasteiger partial charge in [-0.3, -0.25) is 0 Å². The Morgan fingerprint density at radius 3 is 2.63 bits per heavy atom. The predicted molar refractivity (Wildman–Crippen MR) is 124 cm³/mol. The van der Waals surface area contributed by atoms with Crippen LogP contribution in [0.4, 0.5) is 0 Å². The van der Waals surface area contributed by atoms with E-state index in [4.69, 9.17) is 14.2 Å². The molecule has 0 radical (unpaired) electrons. The lowest BCUT2D eigenvalue weighted by atomic mass is 9.99. The highest BCUT2D eigenvalue weighted by Gasteiger charge is 2.44. The average Bonchev–Trinajstić information content (AvgIpc) is 3.35. The molecule has 11 nitrogen and oxygen atoms in total. The molecule has 4 N–H and O–H groups in total. The standard InChI is InChI=1S/C24H35N3O8/c1-2-3-4-5-6-7-11-33-23(32)16-9-8-10-18(12-16)27-13-17(25-26-27)15-34-24-22(31)21(30)20(29)19(14-28)35-24/h8-10,12-13,19-22,24,28-31H,2-7,11,14-15H2,1H3/t19-,20-,21+,22+,24+/m1/s1. The molecule has 1 aromatic carbocycles. The number of nitrogens with zero attached hydrogens (tertiary/aromatic N) is 3. The lowest BCUT2D eigenvalue weighted by Crippen LogP contribution is -2.59. The van der Waals surface area contributed by atoms with Crippen LogP contribution in [0, 0.1) is 0 Å². The van der Waals surface area contributed by atoms with Gasteiger partial charge in [-0.05, 0) is 24.6 Å². The van der Waals surface area contributed by atoms with E-state index in [1.807, 2.05) is 0 Å². The Labute approximate surface area is 204 Å². The fraction of sp³-hybridized carbons (Fsp3) is 0.625. The van der Waals surface area contributed by atoms with E-state index < -0.39 is 43.3 Å². The summed E-state index contributed by atoms with van der Waals surface area (Å²) < 4.78 is 17.6. The minimum absolute atomic E-state index is 0.108. The Balaban J connectivity index is 1.51. The summed E-state index contributed by atoms with van der Waals surface area (Å²) >= 11 is 0. The molecule has 5 atom stereocenters. The molecule has 11 heteroatoms. The van der Waals surface area contributed by atoms with Gasteiger partial charge in [0.2, 0.25) is 0 Å². The molecule has 0 spiro atoms. The van der Waals surface area contributed by atoms with Gasteiger partial charge in [0.1, 0.15) is 30.1 Å². The number of aliphatic hydroxyl groups is 4. The van der Waals surface area contributed by atoms with Gasteiger partial charge in [0.25, 0.3) is 0 Å². The molecular formula is C24H35N3O8. The third-order valence-corrected chi connectivity index (χ3v) is 5.86. The molecule has 0 bridgehead atoms. The first-order valence-corrected chi connectivity index (χ1v) is 12.1. The smallest absolute Gasteiger partial charge is 0.338 e. The topological polar surface area (TPSA) is 156 Å². The molecule has 1 aromatic heterocycles. The highest BCUT2D eigenvalue weighted by atomic mass is 16.7. The van der Waals surface area contributed by atoms with Crippen molar-refractivity contribution >= 4 is 5.97 Å². The summed E-state index contributed by atoms with van der Waals surface area (Å²) in [7, 11) is 0. The number of esters is 1. The number of carbonyl (C=O) groups is 1. The van der Waals surface area contributed by atoms with Crippen molar-refractivity contribution in [2.75, 3.05) is 13.2 Å². The number of benzene rings is 1. The van der Waals surface area contributed by atoms with Gasteiger partial charge in [0.15, 0.2) is 6.29 Å². The monoisotopic (exact) mass is 493 g/mol. The summed E-state index contributed by atoms with van der Waals surface area (Å²) in [6.45, 7) is 1.91. The number of carbonyl (C=O) groups excluding carboxylic acids is 1. The molecule has 1 fully saturated rings. The summed E-state index contributed by atoms with van der Waals surface area (Å²) in [4.78, 5) is 12.4. The van der Waals surface area contributed by atoms with Crippen LogP contribution in [-0.2, 0) is 20.8 Å². The number of aromatic nitrogens is 3. The number of ether oxygens (including phenoxy) is 3. The second-order valence-electron chi connectivity index (χ2n) is 8.62. The summed E-state index contributed by atoms with van der Waals surface area (Å²) in [5.74, 6) is -0.397. The lowest BCUT2D eigenvalue weighted by molar-refractivity contribution is -0.304. The van der Waals surface area contributed by atoms with Crippen molar-refractivity contribution in [3.05, 3.63) is 41.7 Å². The van der Waals surface area contributed by atoms with Crippen LogP contribution in [0.25, 0.3) is 5.69 Å². The number of aliphatic hydroxyl groups excluding tert-OH is 4. The van der Waals surface area contributed by atoms with E-state index in [9.17, 15) is 25.2 Å². The third kappa shape index (κ3) is 7.53. The number of hydrogen-bond acceptors (Lipinski definition) is 10. The van der Waals surface area contributed by atoms with Crippen LogP contribution in [0.15, 0.2) is 30.5 Å². The maximum absolute atomic E-state index is 12.4. The third-order valence-electron chi connectivity index (χ3n) is 5.86. The number of rotatable bonds is 13. The molecule has 35 heavy (non-hydrogen) atoms. The Bertz CT molecular complexity index is 922. The van der Waals surface area contributed by atoms with Crippen molar-refractivity contribution in [1.82, 2.24) is 15.0 Å². The van der Waals surface area contributed by atoms with Crippen molar-refractivity contribution in [3.63, 3.8) is 0 Å². The molecule has 3 rings (SSSR count). The van der Waals surface area contributed by atoms with Crippen molar-refractivity contribution < 1.29 is 39.4 Å². The average molecular weight is 494 g/mol. The maximum Gasteiger partial charge on any atom is 0.338 e. The Morgan fingerprint density at radius 1 is 1.09 bits per heavy atom. The lowest BCUT2D eigenvalue weighted by Gasteiger charge is -2.39. The second-order valence-corrected chi connectivity index (χ2v) is 8.62. The molecule has 194 valence electrons. The van der Waals surface area contributed by atoms with E-state index in [0.717, 1.165) is 19.3 Å². The van der Waals surface area contributed by atoms with Crippen molar-refractivity contribution in [2.45, 2.75) is 82.8 Å². The normalized spacial score (nSPS) is 24.4. The first-order valence-electron chi connectivity index (χ1n) is 12.1.